The van der Waals surface area contributed by atoms with E-state index < -0.39 is 9.84 Å². The summed E-state index contributed by atoms with van der Waals surface area (Å²) >= 11 is 0. The van der Waals surface area contributed by atoms with E-state index >= 15 is 0 Å². The summed E-state index contributed by atoms with van der Waals surface area (Å²) in [6, 6.07) is 28.9. The minimum absolute atomic E-state index is 0. The first-order valence-electron chi connectivity index (χ1n) is 12.7. The third-order valence-electron chi connectivity index (χ3n) is 7.20. The molecule has 0 unspecified atom stereocenters. The number of halogens is 1. The lowest BCUT2D eigenvalue weighted by molar-refractivity contribution is 0.101. The molecule has 196 valence electrons. The van der Waals surface area contributed by atoms with E-state index in [2.05, 4.69) is 45.4 Å². The number of nitrogens with one attached hydrogen (secondary N) is 1. The van der Waals surface area contributed by atoms with Crippen LogP contribution in [0.2, 0.25) is 0 Å². The molecule has 0 atom stereocenters. The van der Waals surface area contributed by atoms with E-state index in [0.717, 1.165) is 44.3 Å². The molecule has 1 fully saturated rings. The number of ether oxygens (including phenoxy) is 1. The maximum Gasteiger partial charge on any atom is 0.224 e. The monoisotopic (exact) mass is 547 g/mol. The van der Waals surface area contributed by atoms with Crippen molar-refractivity contribution in [3.05, 3.63) is 96.6 Å². The number of hydrogen-bond acceptors (Lipinski definition) is 5. The molecule has 8 heteroatoms. The molecule has 0 spiro atoms. The second-order valence-corrected chi connectivity index (χ2v) is 11.5. The van der Waals surface area contributed by atoms with E-state index in [4.69, 9.17) is 4.74 Å². The molecule has 0 radical (unpaired) electrons. The van der Waals surface area contributed by atoms with Gasteiger partial charge in [0.2, 0.25) is 9.84 Å². The van der Waals surface area contributed by atoms with Gasteiger partial charge in [0.1, 0.15) is 11.9 Å². The predicted molar refractivity (Wildman–Crippen MR) is 153 cm³/mol. The quantitative estimate of drug-likeness (QED) is 0.268. The van der Waals surface area contributed by atoms with Crippen LogP contribution in [0.3, 0.4) is 0 Å². The van der Waals surface area contributed by atoms with Crippen molar-refractivity contribution in [2.75, 3.05) is 19.6 Å². The maximum absolute atomic E-state index is 13.7. The van der Waals surface area contributed by atoms with Gasteiger partial charge in [-0.25, -0.2) is 8.42 Å². The number of sulfone groups is 1. The zero-order valence-electron chi connectivity index (χ0n) is 20.9. The number of nitrogens with zero attached hydrogens (tertiary/aromatic N) is 2. The van der Waals surface area contributed by atoms with Gasteiger partial charge >= 0.3 is 0 Å². The number of aromatic nitrogens is 2. The van der Waals surface area contributed by atoms with E-state index in [9.17, 15) is 8.42 Å². The van der Waals surface area contributed by atoms with Crippen molar-refractivity contribution in [3.8, 4) is 5.75 Å². The summed E-state index contributed by atoms with van der Waals surface area (Å²) in [5.74, 6) is 0.672. The van der Waals surface area contributed by atoms with E-state index in [0.29, 0.717) is 22.0 Å². The molecule has 1 aliphatic rings. The van der Waals surface area contributed by atoms with Crippen LogP contribution in [-0.2, 0) is 16.3 Å². The molecule has 5 aromatic rings. The first-order valence-corrected chi connectivity index (χ1v) is 14.2. The summed E-state index contributed by atoms with van der Waals surface area (Å²) in [7, 11) is -3.82. The van der Waals surface area contributed by atoms with Crippen LogP contribution < -0.4 is 4.74 Å². The number of benzene rings is 4. The van der Waals surface area contributed by atoms with Crippen LogP contribution in [0.25, 0.3) is 21.7 Å². The second-order valence-electron chi connectivity index (χ2n) is 9.61. The van der Waals surface area contributed by atoms with Crippen LogP contribution >= 0.6 is 12.4 Å². The van der Waals surface area contributed by atoms with E-state index in [1.165, 1.54) is 5.56 Å². The lowest BCUT2D eigenvalue weighted by atomic mass is 10.1. The molecule has 6 nitrogen and oxygen atoms in total. The number of hydrogen-bond donors (Lipinski definition) is 1. The predicted octanol–water partition coefficient (Wildman–Crippen LogP) is 6.06. The van der Waals surface area contributed by atoms with Gasteiger partial charge in [0, 0.05) is 30.4 Å². The Morgan fingerprint density at radius 2 is 1.61 bits per heavy atom. The van der Waals surface area contributed by atoms with Crippen LogP contribution in [0.4, 0.5) is 0 Å². The average Bonchev–Trinajstić information content (AvgIpc) is 3.37. The van der Waals surface area contributed by atoms with Crippen molar-refractivity contribution in [2.24, 2.45) is 0 Å². The Balaban J connectivity index is 0.00000294. The number of aromatic amines is 1. The Kier molecular flexibility index (Phi) is 7.70. The first kappa shape index (κ1) is 26.2. The normalized spacial score (nSPS) is 14.9. The largest absolute Gasteiger partial charge is 0.490 e. The number of fused-ring (bicyclic) bond motifs is 2. The fourth-order valence-corrected chi connectivity index (χ4v) is 6.73. The number of likely N-dealkylation sites (tertiary alicyclic amines) is 1. The summed E-state index contributed by atoms with van der Waals surface area (Å²) in [5.41, 5.74) is 1.96. The van der Waals surface area contributed by atoms with Gasteiger partial charge in [-0.3, -0.25) is 5.10 Å². The van der Waals surface area contributed by atoms with Crippen LogP contribution in [-0.4, -0.2) is 49.3 Å². The topological polar surface area (TPSA) is 75.3 Å². The van der Waals surface area contributed by atoms with E-state index in [-0.39, 0.29) is 28.4 Å². The van der Waals surface area contributed by atoms with Gasteiger partial charge in [-0.1, -0.05) is 66.7 Å². The van der Waals surface area contributed by atoms with Crippen LogP contribution in [0.1, 0.15) is 18.4 Å². The highest BCUT2D eigenvalue weighted by atomic mass is 35.5. The van der Waals surface area contributed by atoms with Crippen LogP contribution in [0.5, 0.6) is 5.75 Å². The van der Waals surface area contributed by atoms with E-state index in [1.807, 2.05) is 42.5 Å². The van der Waals surface area contributed by atoms with Crippen molar-refractivity contribution in [1.82, 2.24) is 15.1 Å². The summed E-state index contributed by atoms with van der Waals surface area (Å²) in [6.07, 6.45) is 3.05. The van der Waals surface area contributed by atoms with Gasteiger partial charge in [0.25, 0.3) is 0 Å². The summed E-state index contributed by atoms with van der Waals surface area (Å²) in [5, 5.41) is 9.27. The minimum Gasteiger partial charge on any atom is -0.490 e. The lowest BCUT2D eigenvalue weighted by Crippen LogP contribution is -2.39. The zero-order chi connectivity index (χ0) is 25.2. The van der Waals surface area contributed by atoms with Gasteiger partial charge in [-0.2, -0.15) is 5.10 Å². The molecule has 38 heavy (non-hydrogen) atoms. The molecule has 0 bridgehead atoms. The Morgan fingerprint density at radius 1 is 0.868 bits per heavy atom. The van der Waals surface area contributed by atoms with Gasteiger partial charge in [-0.15, -0.1) is 12.4 Å². The number of piperidine rings is 1. The number of H-pyrrole nitrogens is 1. The smallest absolute Gasteiger partial charge is 0.224 e. The van der Waals surface area contributed by atoms with E-state index in [1.54, 1.807) is 18.2 Å². The Labute approximate surface area is 229 Å². The molecule has 0 saturated carbocycles. The molecule has 4 aromatic carbocycles. The highest BCUT2D eigenvalue weighted by molar-refractivity contribution is 7.91. The summed E-state index contributed by atoms with van der Waals surface area (Å²) in [4.78, 5) is 2.76. The third kappa shape index (κ3) is 5.27. The van der Waals surface area contributed by atoms with Crippen LogP contribution in [0.15, 0.2) is 101 Å². The molecule has 1 aliphatic heterocycles. The summed E-state index contributed by atoms with van der Waals surface area (Å²) in [6.45, 7) is 3.03. The maximum atomic E-state index is 13.7. The highest BCUT2D eigenvalue weighted by Gasteiger charge is 2.26. The van der Waals surface area contributed by atoms with Gasteiger partial charge in [0.15, 0.2) is 5.03 Å². The van der Waals surface area contributed by atoms with Crippen molar-refractivity contribution in [3.63, 3.8) is 0 Å². The van der Waals surface area contributed by atoms with Gasteiger partial charge in [0.05, 0.1) is 10.4 Å². The molecule has 1 N–H and O–H groups in total. The Bertz CT molecular complexity index is 1640. The van der Waals surface area contributed by atoms with Crippen molar-refractivity contribution in [1.29, 1.82) is 0 Å². The molecule has 2 heterocycles. The fourth-order valence-electron chi connectivity index (χ4n) is 5.16. The molecule has 0 aliphatic carbocycles. The molecular formula is C30H30ClN3O3S. The second kappa shape index (κ2) is 11.2. The molecule has 1 aromatic heterocycles. The average molecular weight is 548 g/mol. The summed E-state index contributed by atoms with van der Waals surface area (Å²) < 4.78 is 33.7. The van der Waals surface area contributed by atoms with Crippen LogP contribution in [0, 0.1) is 0 Å². The first-order chi connectivity index (χ1) is 18.1. The van der Waals surface area contributed by atoms with Crippen molar-refractivity contribution >= 4 is 43.9 Å². The van der Waals surface area contributed by atoms with Gasteiger partial charge < -0.3 is 9.64 Å². The number of rotatable bonds is 7. The Morgan fingerprint density at radius 3 is 2.42 bits per heavy atom. The molecule has 0 amide bonds. The molecule has 6 rings (SSSR count). The van der Waals surface area contributed by atoms with Crippen molar-refractivity contribution < 1.29 is 13.2 Å². The standard InChI is InChI=1S/C30H29N3O3S.ClH/c34-37(35,29-12-6-10-23-9-4-5-11-26(23)29)30-27-21-25(13-14-28(27)31-32-30)36-24-16-19-33(20-17-24)18-15-22-7-2-1-3-8-22;/h1-14,21,24H,15-20H2,(H,31,32);1H. The SMILES string of the molecule is Cl.O=S(=O)(c1cccc2ccccc12)c1[nH]nc2ccc(OC3CCN(CCc4ccccc4)CC3)cc12. The fraction of sp³-hybridized carbons (Fsp3) is 0.233. The minimum atomic E-state index is -3.82. The lowest BCUT2D eigenvalue weighted by Gasteiger charge is -2.32. The molecule has 1 saturated heterocycles. The highest BCUT2D eigenvalue weighted by Crippen LogP contribution is 2.33. The molecular weight excluding hydrogens is 518 g/mol. The van der Waals surface area contributed by atoms with Gasteiger partial charge in [-0.05, 0) is 54.5 Å². The third-order valence-corrected chi connectivity index (χ3v) is 8.98. The zero-order valence-corrected chi connectivity index (χ0v) is 22.5. The van der Waals surface area contributed by atoms with Crippen molar-refractivity contribution in [2.45, 2.75) is 35.3 Å². The Hall–Kier alpha value is -3.39.